The molecule has 0 unspecified atom stereocenters. The molecular formula is C15H8BrIN2O2S. The molecule has 0 N–H and O–H groups in total. The average Bonchev–Trinajstić information content (AvgIpc) is 2.86. The van der Waals surface area contributed by atoms with Gasteiger partial charge in [-0.2, -0.15) is 5.26 Å². The smallest absolute Gasteiger partial charge is 0.228 e. The lowest BCUT2D eigenvalue weighted by Crippen LogP contribution is -2.14. The number of benzene rings is 2. The Balaban J connectivity index is 2.36. The molecule has 0 saturated heterocycles. The molecular weight excluding hydrogens is 479 g/mol. The third-order valence-corrected chi connectivity index (χ3v) is 6.95. The Morgan fingerprint density at radius 3 is 2.45 bits per heavy atom. The van der Waals surface area contributed by atoms with E-state index in [9.17, 15) is 8.42 Å². The summed E-state index contributed by atoms with van der Waals surface area (Å²) in [7, 11) is -3.68. The van der Waals surface area contributed by atoms with Crippen LogP contribution in [0.3, 0.4) is 0 Å². The van der Waals surface area contributed by atoms with E-state index in [1.165, 1.54) is 3.97 Å². The number of nitriles is 1. The summed E-state index contributed by atoms with van der Waals surface area (Å²) in [6.07, 6.45) is 0. The molecule has 0 fully saturated rings. The first-order chi connectivity index (χ1) is 10.5. The van der Waals surface area contributed by atoms with Crippen molar-refractivity contribution in [1.82, 2.24) is 3.97 Å². The summed E-state index contributed by atoms with van der Waals surface area (Å²) in [4.78, 5) is 0.228. The van der Waals surface area contributed by atoms with Crippen LogP contribution in [0.5, 0.6) is 0 Å². The van der Waals surface area contributed by atoms with Crippen LogP contribution >= 0.6 is 38.5 Å². The molecule has 0 bridgehead atoms. The Kier molecular flexibility index (Phi) is 4.01. The number of halogens is 2. The molecule has 0 spiro atoms. The van der Waals surface area contributed by atoms with E-state index in [1.54, 1.807) is 48.5 Å². The van der Waals surface area contributed by atoms with Crippen LogP contribution in [0.1, 0.15) is 5.56 Å². The maximum absolute atomic E-state index is 12.9. The minimum absolute atomic E-state index is 0.228. The molecule has 0 saturated carbocycles. The van der Waals surface area contributed by atoms with Gasteiger partial charge >= 0.3 is 0 Å². The molecule has 4 nitrogen and oxygen atoms in total. The topological polar surface area (TPSA) is 62.9 Å². The maximum Gasteiger partial charge on any atom is 0.269 e. The fraction of sp³-hybridized carbons (Fsp3) is 0. The molecule has 110 valence electrons. The molecule has 0 atom stereocenters. The SMILES string of the molecule is N#Cc1ccc2c(cc(I)n2S(=O)(=O)c2ccccc2)c1Br. The fourth-order valence-electron chi connectivity index (χ4n) is 2.22. The lowest BCUT2D eigenvalue weighted by Gasteiger charge is -2.09. The van der Waals surface area contributed by atoms with Gasteiger partial charge in [0.2, 0.25) is 0 Å². The quantitative estimate of drug-likeness (QED) is 0.512. The first kappa shape index (κ1) is 15.5. The van der Waals surface area contributed by atoms with Crippen molar-refractivity contribution >= 4 is 59.4 Å². The molecule has 0 amide bonds. The van der Waals surface area contributed by atoms with E-state index in [2.05, 4.69) is 22.0 Å². The zero-order valence-corrected chi connectivity index (χ0v) is 15.6. The van der Waals surface area contributed by atoms with Crippen molar-refractivity contribution < 1.29 is 8.42 Å². The Morgan fingerprint density at radius 2 is 1.82 bits per heavy atom. The summed E-state index contributed by atoms with van der Waals surface area (Å²) in [6.45, 7) is 0. The third kappa shape index (κ3) is 2.35. The predicted octanol–water partition coefficient (Wildman–Crippen LogP) is 4.12. The second kappa shape index (κ2) is 5.68. The van der Waals surface area contributed by atoms with Crippen LogP contribution in [0, 0.1) is 15.0 Å². The number of aromatic nitrogens is 1. The summed E-state index contributed by atoms with van der Waals surface area (Å²) in [6, 6.07) is 15.4. The van der Waals surface area contributed by atoms with Crippen molar-refractivity contribution in [1.29, 1.82) is 5.26 Å². The van der Waals surface area contributed by atoms with Crippen LogP contribution in [0.4, 0.5) is 0 Å². The van der Waals surface area contributed by atoms with Gasteiger partial charge in [-0.05, 0) is 68.9 Å². The molecule has 22 heavy (non-hydrogen) atoms. The number of nitrogens with zero attached hydrogens (tertiary/aromatic N) is 2. The molecule has 0 aliphatic rings. The molecule has 7 heteroatoms. The first-order valence-corrected chi connectivity index (χ1v) is 9.48. The second-order valence-electron chi connectivity index (χ2n) is 4.52. The van der Waals surface area contributed by atoms with Crippen molar-refractivity contribution in [3.8, 4) is 6.07 Å². The van der Waals surface area contributed by atoms with Gasteiger partial charge in [-0.15, -0.1) is 0 Å². The van der Waals surface area contributed by atoms with Crippen molar-refractivity contribution in [3.63, 3.8) is 0 Å². The third-order valence-electron chi connectivity index (χ3n) is 3.23. The monoisotopic (exact) mass is 486 g/mol. The number of rotatable bonds is 2. The zero-order chi connectivity index (χ0) is 15.9. The molecule has 2 aromatic carbocycles. The number of fused-ring (bicyclic) bond motifs is 1. The summed E-state index contributed by atoms with van der Waals surface area (Å²) in [5.74, 6) is 0. The van der Waals surface area contributed by atoms with Crippen LogP contribution in [-0.4, -0.2) is 12.4 Å². The van der Waals surface area contributed by atoms with Gasteiger partial charge in [-0.1, -0.05) is 18.2 Å². The predicted molar refractivity (Wildman–Crippen MR) is 96.1 cm³/mol. The van der Waals surface area contributed by atoms with E-state index < -0.39 is 10.0 Å². The maximum atomic E-state index is 12.9. The van der Waals surface area contributed by atoms with Crippen LogP contribution < -0.4 is 0 Å². The van der Waals surface area contributed by atoms with Crippen LogP contribution in [0.15, 0.2) is 57.9 Å². The molecule has 1 heterocycles. The van der Waals surface area contributed by atoms with E-state index in [1.807, 2.05) is 22.6 Å². The zero-order valence-electron chi connectivity index (χ0n) is 11.0. The lowest BCUT2D eigenvalue weighted by atomic mass is 10.2. The fourth-order valence-corrected chi connectivity index (χ4v) is 5.52. The van der Waals surface area contributed by atoms with Crippen LogP contribution in [-0.2, 0) is 10.0 Å². The van der Waals surface area contributed by atoms with Crippen molar-refractivity contribution in [2.45, 2.75) is 4.90 Å². The largest absolute Gasteiger partial charge is 0.269 e. The number of hydrogen-bond donors (Lipinski definition) is 0. The second-order valence-corrected chi connectivity index (χ2v) is 8.21. The molecule has 0 aliphatic heterocycles. The molecule has 0 radical (unpaired) electrons. The van der Waals surface area contributed by atoms with Crippen molar-refractivity contribution in [2.24, 2.45) is 0 Å². The van der Waals surface area contributed by atoms with Gasteiger partial charge in [-0.3, -0.25) is 0 Å². The minimum Gasteiger partial charge on any atom is -0.228 e. The highest BCUT2D eigenvalue weighted by Crippen LogP contribution is 2.33. The van der Waals surface area contributed by atoms with Gasteiger partial charge in [-0.25, -0.2) is 12.4 Å². The Labute approximate surface area is 149 Å². The lowest BCUT2D eigenvalue weighted by molar-refractivity contribution is 0.588. The Hall–Kier alpha value is -1.37. The highest BCUT2D eigenvalue weighted by Gasteiger charge is 2.23. The van der Waals surface area contributed by atoms with E-state index in [-0.39, 0.29) is 4.90 Å². The van der Waals surface area contributed by atoms with Gasteiger partial charge in [0, 0.05) is 9.86 Å². The summed E-state index contributed by atoms with van der Waals surface area (Å²) in [5, 5.41) is 9.78. The first-order valence-electron chi connectivity index (χ1n) is 6.17. The van der Waals surface area contributed by atoms with Crippen molar-refractivity contribution in [3.05, 3.63) is 62.3 Å². The Morgan fingerprint density at radius 1 is 1.14 bits per heavy atom. The summed E-state index contributed by atoms with van der Waals surface area (Å²) in [5.41, 5.74) is 1.01. The van der Waals surface area contributed by atoms with E-state index >= 15 is 0 Å². The van der Waals surface area contributed by atoms with Gasteiger partial charge < -0.3 is 0 Å². The van der Waals surface area contributed by atoms with Crippen molar-refractivity contribution in [2.75, 3.05) is 0 Å². The highest BCUT2D eigenvalue weighted by atomic mass is 127. The van der Waals surface area contributed by atoms with Gasteiger partial charge in [0.15, 0.2) is 0 Å². The van der Waals surface area contributed by atoms with Gasteiger partial charge in [0.25, 0.3) is 10.0 Å². The normalized spacial score (nSPS) is 11.5. The molecule has 1 aromatic heterocycles. The average molecular weight is 487 g/mol. The van der Waals surface area contributed by atoms with E-state index in [0.717, 1.165) is 0 Å². The molecule has 3 rings (SSSR count). The van der Waals surface area contributed by atoms with E-state index in [0.29, 0.717) is 24.6 Å². The number of hydrogen-bond acceptors (Lipinski definition) is 3. The standard InChI is InChI=1S/C15H8BrIN2O2S/c16-15-10(9-18)6-7-13-12(15)8-14(17)19(13)22(20,21)11-4-2-1-3-5-11/h1-8H. The van der Waals surface area contributed by atoms with Crippen LogP contribution in [0.25, 0.3) is 10.9 Å². The highest BCUT2D eigenvalue weighted by molar-refractivity contribution is 14.1. The van der Waals surface area contributed by atoms with Gasteiger partial charge in [0.1, 0.15) is 6.07 Å². The summed E-state index contributed by atoms with van der Waals surface area (Å²) < 4.78 is 28.2. The molecule has 3 aromatic rings. The van der Waals surface area contributed by atoms with Crippen LogP contribution in [0.2, 0.25) is 0 Å². The Bertz CT molecular complexity index is 1020. The van der Waals surface area contributed by atoms with E-state index in [4.69, 9.17) is 5.26 Å². The minimum atomic E-state index is -3.68. The molecule has 0 aliphatic carbocycles. The van der Waals surface area contributed by atoms with Gasteiger partial charge in [0.05, 0.1) is 19.7 Å². The summed E-state index contributed by atoms with van der Waals surface area (Å²) >= 11 is 5.36.